The second-order valence-electron chi connectivity index (χ2n) is 10.2. The van der Waals surface area contributed by atoms with Crippen molar-refractivity contribution in [3.05, 3.63) is 156 Å². The largest absolute Gasteiger partial charge is 2.00 e. The van der Waals surface area contributed by atoms with E-state index in [1.165, 1.54) is 0 Å². The SMILES string of the molecule is [Pt+2].[c-]1c(-c2cc3ccccc3cn2)cc2ccccc2c1/C=c1\[n-]/c(=C\c2nccc3ccccc23)c2ccccc12. The molecule has 0 aliphatic carbocycles. The van der Waals surface area contributed by atoms with Gasteiger partial charge in [-0.2, -0.15) is 5.35 Å². The van der Waals surface area contributed by atoms with Crippen LogP contribution in [0.2, 0.25) is 0 Å². The average Bonchev–Trinajstić information content (AvgIpc) is 3.37. The summed E-state index contributed by atoms with van der Waals surface area (Å²) in [5.41, 5.74) is 3.77. The molecule has 0 amide bonds. The zero-order chi connectivity index (χ0) is 27.2. The zero-order valence-corrected chi connectivity index (χ0v) is 24.7. The summed E-state index contributed by atoms with van der Waals surface area (Å²) in [6, 6.07) is 43.5. The summed E-state index contributed by atoms with van der Waals surface area (Å²) in [5.74, 6) is 0. The van der Waals surface area contributed by atoms with Gasteiger partial charge < -0.3 is 4.98 Å². The summed E-state index contributed by atoms with van der Waals surface area (Å²) >= 11 is 0. The summed E-state index contributed by atoms with van der Waals surface area (Å²) in [7, 11) is 0. The minimum atomic E-state index is 0. The molecule has 0 bridgehead atoms. The summed E-state index contributed by atoms with van der Waals surface area (Å²) in [5, 5.41) is 10.9. The fourth-order valence-corrected chi connectivity index (χ4v) is 5.68. The van der Waals surface area contributed by atoms with Gasteiger partial charge >= 0.3 is 21.1 Å². The predicted octanol–water partition coefficient (Wildman–Crippen LogP) is 7.17. The van der Waals surface area contributed by atoms with Crippen molar-refractivity contribution in [2.24, 2.45) is 0 Å². The Balaban J connectivity index is 0.00000288. The van der Waals surface area contributed by atoms with Gasteiger partial charge in [0, 0.05) is 23.5 Å². The van der Waals surface area contributed by atoms with Crippen LogP contribution >= 0.6 is 0 Å². The van der Waals surface area contributed by atoms with Crippen LogP contribution in [0.4, 0.5) is 0 Å². The molecule has 0 unspecified atom stereocenters. The maximum absolute atomic E-state index is 5.15. The van der Waals surface area contributed by atoms with E-state index in [0.29, 0.717) is 0 Å². The Kier molecular flexibility index (Phi) is 6.74. The van der Waals surface area contributed by atoms with Gasteiger partial charge in [0.1, 0.15) is 0 Å². The van der Waals surface area contributed by atoms with E-state index in [2.05, 4.69) is 121 Å². The average molecular weight is 717 g/mol. The molecule has 42 heavy (non-hydrogen) atoms. The first-order valence-electron chi connectivity index (χ1n) is 13.7. The number of rotatable bonds is 3. The van der Waals surface area contributed by atoms with E-state index in [4.69, 9.17) is 15.0 Å². The van der Waals surface area contributed by atoms with Crippen LogP contribution in [-0.2, 0) is 21.1 Å². The van der Waals surface area contributed by atoms with E-state index in [1.54, 1.807) is 0 Å². The molecule has 0 N–H and O–H groups in total. The predicted molar refractivity (Wildman–Crippen MR) is 169 cm³/mol. The molecule has 3 nitrogen and oxygen atoms in total. The van der Waals surface area contributed by atoms with E-state index < -0.39 is 0 Å². The molecule has 3 heterocycles. The molecular weight excluding hydrogens is 694 g/mol. The van der Waals surface area contributed by atoms with Crippen LogP contribution in [0.25, 0.3) is 66.5 Å². The molecule has 0 atom stereocenters. The first-order valence-corrected chi connectivity index (χ1v) is 13.7. The van der Waals surface area contributed by atoms with Gasteiger partial charge in [-0.25, -0.2) is 0 Å². The van der Waals surface area contributed by atoms with Crippen molar-refractivity contribution < 1.29 is 21.1 Å². The molecule has 5 aromatic carbocycles. The molecule has 200 valence electrons. The fraction of sp³-hybridized carbons (Fsp3) is 0. The van der Waals surface area contributed by atoms with E-state index in [0.717, 1.165) is 76.3 Å². The molecule has 0 saturated heterocycles. The van der Waals surface area contributed by atoms with Crippen molar-refractivity contribution in [1.29, 1.82) is 0 Å². The third-order valence-corrected chi connectivity index (χ3v) is 7.71. The fourth-order valence-electron chi connectivity index (χ4n) is 5.68. The van der Waals surface area contributed by atoms with Crippen LogP contribution in [0.15, 0.2) is 128 Å². The van der Waals surface area contributed by atoms with Gasteiger partial charge in [-0.1, -0.05) is 119 Å². The zero-order valence-electron chi connectivity index (χ0n) is 22.4. The Morgan fingerprint density at radius 1 is 0.548 bits per heavy atom. The maximum Gasteiger partial charge on any atom is 2.00 e. The number of pyridine rings is 2. The smallest absolute Gasteiger partial charge is 0.663 e. The minimum absolute atomic E-state index is 0. The van der Waals surface area contributed by atoms with Gasteiger partial charge in [0.2, 0.25) is 0 Å². The van der Waals surface area contributed by atoms with Gasteiger partial charge in [0.05, 0.1) is 5.69 Å². The Hall–Kier alpha value is -4.85. The van der Waals surface area contributed by atoms with E-state index in [9.17, 15) is 0 Å². The van der Waals surface area contributed by atoms with Crippen molar-refractivity contribution in [1.82, 2.24) is 15.0 Å². The second-order valence-corrected chi connectivity index (χ2v) is 10.2. The van der Waals surface area contributed by atoms with Gasteiger partial charge in [0.15, 0.2) is 0 Å². The van der Waals surface area contributed by atoms with E-state index in [1.807, 2.05) is 24.5 Å². The Morgan fingerprint density at radius 3 is 1.95 bits per heavy atom. The number of benzene rings is 5. The first-order chi connectivity index (χ1) is 20.3. The minimum Gasteiger partial charge on any atom is -0.663 e. The van der Waals surface area contributed by atoms with Crippen molar-refractivity contribution in [2.45, 2.75) is 0 Å². The molecule has 8 aromatic rings. The number of nitrogens with zero attached hydrogens (tertiary/aromatic N) is 3. The number of aromatic nitrogens is 3. The van der Waals surface area contributed by atoms with E-state index in [-0.39, 0.29) is 21.1 Å². The summed E-state index contributed by atoms with van der Waals surface area (Å²) in [6.07, 6.45) is 8.05. The van der Waals surface area contributed by atoms with E-state index >= 15 is 0 Å². The molecule has 0 radical (unpaired) electrons. The van der Waals surface area contributed by atoms with Crippen LogP contribution in [0.1, 0.15) is 11.3 Å². The molecular formula is C38H23N3Pt. The Bertz CT molecular complexity index is 2380. The number of hydrogen-bond acceptors (Lipinski definition) is 2. The molecule has 0 saturated carbocycles. The maximum atomic E-state index is 5.15. The van der Waals surface area contributed by atoms with Crippen molar-refractivity contribution in [2.75, 3.05) is 0 Å². The van der Waals surface area contributed by atoms with Crippen molar-refractivity contribution in [3.63, 3.8) is 0 Å². The van der Waals surface area contributed by atoms with Crippen LogP contribution in [0.5, 0.6) is 0 Å². The van der Waals surface area contributed by atoms with Gasteiger partial charge in [0.25, 0.3) is 0 Å². The molecule has 8 rings (SSSR count). The quantitative estimate of drug-likeness (QED) is 0.182. The van der Waals surface area contributed by atoms with Crippen molar-refractivity contribution >= 4 is 55.2 Å². The van der Waals surface area contributed by atoms with Crippen molar-refractivity contribution in [3.8, 4) is 11.3 Å². The third-order valence-electron chi connectivity index (χ3n) is 7.71. The summed E-state index contributed by atoms with van der Waals surface area (Å²) in [4.78, 5) is 14.6. The van der Waals surface area contributed by atoms with Gasteiger partial charge in [-0.05, 0) is 39.1 Å². The molecule has 0 fully saturated rings. The number of fused-ring (bicyclic) bond motifs is 4. The Labute approximate surface area is 257 Å². The molecule has 0 aliphatic heterocycles. The van der Waals surface area contributed by atoms with Crippen LogP contribution < -0.4 is 15.7 Å². The van der Waals surface area contributed by atoms with Crippen LogP contribution in [-0.4, -0.2) is 9.97 Å². The normalized spacial score (nSPS) is 12.4. The van der Waals surface area contributed by atoms with Crippen LogP contribution in [0, 0.1) is 6.07 Å². The monoisotopic (exact) mass is 716 g/mol. The number of hydrogen-bond donors (Lipinski definition) is 0. The Morgan fingerprint density at radius 2 is 1.17 bits per heavy atom. The first kappa shape index (κ1) is 26.1. The standard InChI is InChI=1S/C38H23N3.Pt/c1-2-12-28-24-40-35(21-26(28)10-1)30-19-27-11-4-5-13-31(27)29(20-30)22-37-33-15-7-8-16-34(33)38(41-37)23-36-32-14-6-3-9-25(32)17-18-39-36;/h1-19,21-24H;/q-2;+2/b37-22-,38-23-;. The molecule has 3 aromatic heterocycles. The third kappa shape index (κ3) is 4.62. The van der Waals surface area contributed by atoms with Crippen LogP contribution in [0.3, 0.4) is 0 Å². The second kappa shape index (κ2) is 10.9. The van der Waals surface area contributed by atoms with Gasteiger partial charge in [-0.15, -0.1) is 29.1 Å². The molecule has 0 aliphatic rings. The topological polar surface area (TPSA) is 39.9 Å². The molecule has 4 heteroatoms. The summed E-state index contributed by atoms with van der Waals surface area (Å²) in [6.45, 7) is 0. The molecule has 0 spiro atoms. The summed E-state index contributed by atoms with van der Waals surface area (Å²) < 4.78 is 0. The van der Waals surface area contributed by atoms with Gasteiger partial charge in [-0.3, -0.25) is 9.97 Å².